The lowest BCUT2D eigenvalue weighted by Gasteiger charge is -2.45. The third kappa shape index (κ3) is 10.0. The first-order valence-corrected chi connectivity index (χ1v) is 44.8. The van der Waals surface area contributed by atoms with Crippen molar-refractivity contribution < 1.29 is 9.47 Å². The molecule has 126 heavy (non-hydrogen) atoms. The molecule has 24 aromatic rings. The van der Waals surface area contributed by atoms with Gasteiger partial charge in [0.15, 0.2) is 0 Å². The fourth-order valence-corrected chi connectivity index (χ4v) is 24.5. The van der Waals surface area contributed by atoms with E-state index < -0.39 is 10.8 Å². The Morgan fingerprint density at radius 3 is 1.00 bits per heavy atom. The Bertz CT molecular complexity index is 8630. The Labute approximate surface area is 734 Å². The topological polar surface area (TPSA) is 34.8 Å². The second-order valence-electron chi connectivity index (χ2n) is 33.5. The highest BCUT2D eigenvalue weighted by Gasteiger charge is 2.52. The van der Waals surface area contributed by atoms with E-state index >= 15 is 0 Å². The number of hydrogen-bond acceptors (Lipinski definition) is 6. The van der Waals surface area contributed by atoms with E-state index in [0.717, 1.165) is 96.3 Å². The minimum absolute atomic E-state index is 0.608. The van der Waals surface area contributed by atoms with Gasteiger partial charge >= 0.3 is 0 Å². The van der Waals surface area contributed by atoms with Crippen LogP contribution < -0.4 is 19.3 Å². The zero-order valence-corrected chi connectivity index (χ0v) is 69.6. The highest BCUT2D eigenvalue weighted by atomic mass is 32.1. The van der Waals surface area contributed by atoms with Gasteiger partial charge in [-0.15, -0.1) is 22.7 Å². The van der Waals surface area contributed by atoms with E-state index in [4.69, 9.17) is 9.47 Å². The standard InChI is InChI=1S/2C59H36N2OS/c1-2-15-37(16-3-1)61-51-25-10-5-18-41(51)42-31-29-39(36-53(42)61)60(38-30-34-57-46(35-38)43-19-6-13-28-56(43)63-57)52-33-32-44-40-17-4-7-21-47(40)59(50-24-14-20-45(52)58(44)50)48-22-8-11-26-54(48)62-55-27-12-9-23-49(55)59;1-2-15-37(16-3-1)61-51-25-10-5-18-41(51)42-31-29-38(35-53(42)61)60(39-30-32-44-43-19-6-13-28-56(43)63-57(44)36-39)52-34-33-45-40-17-4-7-21-47(40)59(50-24-14-20-46(52)58(45)50)48-22-8-11-26-54(48)62-55-27-12-9-23-49(55)59/h2*1-36H. The van der Waals surface area contributed by atoms with Crippen LogP contribution in [-0.4, -0.2) is 9.13 Å². The van der Waals surface area contributed by atoms with Crippen molar-refractivity contribution in [2.75, 3.05) is 9.80 Å². The van der Waals surface area contributed by atoms with Crippen molar-refractivity contribution in [3.8, 4) is 56.6 Å². The van der Waals surface area contributed by atoms with E-state index in [2.05, 4.69) is 456 Å². The Morgan fingerprint density at radius 2 is 0.524 bits per heavy atom. The molecule has 0 saturated carbocycles. The fraction of sp³-hybridized carbons (Fsp3) is 0.0169. The summed E-state index contributed by atoms with van der Waals surface area (Å²) in [7, 11) is 0. The Balaban J connectivity index is 0.000000131. The van der Waals surface area contributed by atoms with Crippen LogP contribution in [0.4, 0.5) is 34.1 Å². The average molecular weight is 1640 g/mol. The van der Waals surface area contributed by atoms with Gasteiger partial charge in [-0.2, -0.15) is 0 Å². The minimum Gasteiger partial charge on any atom is -0.457 e. The summed E-state index contributed by atoms with van der Waals surface area (Å²) in [4.78, 5) is 5.00. The van der Waals surface area contributed by atoms with Gasteiger partial charge in [-0.3, -0.25) is 0 Å². The fourth-order valence-electron chi connectivity index (χ4n) is 22.2. The Hall–Kier alpha value is -15.8. The molecule has 4 aromatic heterocycles. The first-order valence-electron chi connectivity index (χ1n) is 43.2. The van der Waals surface area contributed by atoms with Gasteiger partial charge in [-0.05, 0) is 195 Å². The minimum atomic E-state index is -0.609. The summed E-state index contributed by atoms with van der Waals surface area (Å²) in [5.74, 6) is 3.57. The van der Waals surface area contributed by atoms with E-state index in [0.29, 0.717) is 0 Å². The summed E-state index contributed by atoms with van der Waals surface area (Å²) >= 11 is 3.72. The second-order valence-corrected chi connectivity index (χ2v) is 35.7. The number of anilines is 6. The molecule has 28 rings (SSSR count). The molecule has 8 heteroatoms. The molecule has 0 N–H and O–H groups in total. The van der Waals surface area contributed by atoms with E-state index in [1.54, 1.807) is 0 Å². The SMILES string of the molecule is c1ccc(-n2c3ccccc3c3ccc(N(c4ccc5c(c4)sc4ccccc45)c4ccc5c6c(cccc46)C4(c6ccccc6Oc6ccccc64)c4ccccc4-5)cc32)cc1.c1ccc(-n2c3ccccc3c3ccc(N(c4ccc5sc6ccccc6c5c4)c4ccc5c6c(cccc46)C4(c6ccccc6Oc6ccccc64)c4ccccc4-5)cc32)cc1. The highest BCUT2D eigenvalue weighted by molar-refractivity contribution is 7.26. The molecule has 0 atom stereocenters. The normalized spacial score (nSPS) is 13.3. The van der Waals surface area contributed by atoms with Crippen molar-refractivity contribution in [1.82, 2.24) is 9.13 Å². The molecule has 0 saturated heterocycles. The summed E-state index contributed by atoms with van der Waals surface area (Å²) in [5.41, 5.74) is 27.1. The molecule has 4 aliphatic rings. The van der Waals surface area contributed by atoms with Gasteiger partial charge in [0.2, 0.25) is 0 Å². The molecule has 20 aromatic carbocycles. The van der Waals surface area contributed by atoms with Crippen LogP contribution in [0.2, 0.25) is 0 Å². The van der Waals surface area contributed by atoms with Crippen molar-refractivity contribution in [3.05, 3.63) is 481 Å². The lowest BCUT2D eigenvalue weighted by molar-refractivity contribution is 0.435. The third-order valence-electron chi connectivity index (χ3n) is 27.3. The molecule has 6 nitrogen and oxygen atoms in total. The van der Waals surface area contributed by atoms with E-state index in [1.807, 2.05) is 22.7 Å². The van der Waals surface area contributed by atoms with Crippen LogP contribution in [0.5, 0.6) is 23.0 Å². The molecule has 2 aliphatic heterocycles. The van der Waals surface area contributed by atoms with Gasteiger partial charge in [-0.1, -0.05) is 297 Å². The molecular weight excluding hydrogens is 1570 g/mol. The zero-order valence-electron chi connectivity index (χ0n) is 68.0. The Kier molecular flexibility index (Phi) is 15.4. The van der Waals surface area contributed by atoms with E-state index in [-0.39, 0.29) is 0 Å². The van der Waals surface area contributed by atoms with Crippen LogP contribution in [0.1, 0.15) is 44.5 Å². The van der Waals surface area contributed by atoms with E-state index in [1.165, 1.54) is 144 Å². The van der Waals surface area contributed by atoms with Gasteiger partial charge in [0.25, 0.3) is 0 Å². The molecule has 2 spiro atoms. The molecule has 0 unspecified atom stereocenters. The van der Waals surface area contributed by atoms with Gasteiger partial charge in [0.1, 0.15) is 23.0 Å². The number of thiophene rings is 2. The van der Waals surface area contributed by atoms with Crippen LogP contribution >= 0.6 is 22.7 Å². The first kappa shape index (κ1) is 70.8. The van der Waals surface area contributed by atoms with Gasteiger partial charge < -0.3 is 28.4 Å². The smallest absolute Gasteiger partial charge is 0.132 e. The number of rotatable bonds is 8. The van der Waals surface area contributed by atoms with Gasteiger partial charge in [0.05, 0.1) is 44.3 Å². The Morgan fingerprint density at radius 1 is 0.198 bits per heavy atom. The van der Waals surface area contributed by atoms with Crippen LogP contribution in [0, 0.1) is 0 Å². The summed E-state index contributed by atoms with van der Waals surface area (Å²) in [6.07, 6.45) is 0. The lowest BCUT2D eigenvalue weighted by Crippen LogP contribution is -2.36. The zero-order chi connectivity index (χ0) is 82.5. The number of para-hydroxylation sites is 8. The maximum absolute atomic E-state index is 6.73. The number of fused-ring (bicyclic) bond motifs is 28. The van der Waals surface area contributed by atoms with Gasteiger partial charge in [-0.25, -0.2) is 0 Å². The quantitative estimate of drug-likeness (QED) is 0.152. The van der Waals surface area contributed by atoms with Crippen LogP contribution in [0.15, 0.2) is 437 Å². The second kappa shape index (κ2) is 27.3. The number of aromatic nitrogens is 2. The number of nitrogens with zero attached hydrogens (tertiary/aromatic N) is 4. The average Bonchev–Trinajstić information content (AvgIpc) is 0.974. The monoisotopic (exact) mass is 1640 g/mol. The first-order chi connectivity index (χ1) is 62.5. The molecular formula is C118H72N4O2S2. The molecule has 0 bridgehead atoms. The van der Waals surface area contributed by atoms with Crippen LogP contribution in [-0.2, 0) is 10.8 Å². The summed E-state index contributed by atoms with van der Waals surface area (Å²) in [5, 5.41) is 15.0. The molecule has 6 heterocycles. The van der Waals surface area contributed by atoms with Crippen molar-refractivity contribution >= 4 is 162 Å². The summed E-state index contributed by atoms with van der Waals surface area (Å²) in [6.45, 7) is 0. The molecule has 2 aliphatic carbocycles. The summed E-state index contributed by atoms with van der Waals surface area (Å²) < 4.78 is 23.4. The predicted octanol–water partition coefficient (Wildman–Crippen LogP) is 32.5. The van der Waals surface area contributed by atoms with Crippen molar-refractivity contribution in [2.45, 2.75) is 10.8 Å². The van der Waals surface area contributed by atoms with Crippen molar-refractivity contribution in [1.29, 1.82) is 0 Å². The summed E-state index contributed by atoms with van der Waals surface area (Å²) in [6, 6.07) is 161. The maximum atomic E-state index is 6.73. The molecule has 0 fully saturated rings. The van der Waals surface area contributed by atoms with E-state index in [9.17, 15) is 0 Å². The third-order valence-corrected chi connectivity index (χ3v) is 29.6. The predicted molar refractivity (Wildman–Crippen MR) is 526 cm³/mol. The van der Waals surface area contributed by atoms with Crippen LogP contribution in [0.25, 0.3) is 139 Å². The number of benzene rings is 20. The van der Waals surface area contributed by atoms with Gasteiger partial charge in [0, 0.05) is 129 Å². The lowest BCUT2D eigenvalue weighted by atomic mass is 9.58. The molecule has 588 valence electrons. The molecule has 0 amide bonds. The van der Waals surface area contributed by atoms with Crippen LogP contribution in [0.3, 0.4) is 0 Å². The highest BCUT2D eigenvalue weighted by Crippen LogP contribution is 2.65. The van der Waals surface area contributed by atoms with Crippen molar-refractivity contribution in [3.63, 3.8) is 0 Å². The largest absolute Gasteiger partial charge is 0.457 e. The number of ether oxygens (including phenoxy) is 2. The number of hydrogen-bond donors (Lipinski definition) is 0. The maximum Gasteiger partial charge on any atom is 0.132 e. The molecule has 0 radical (unpaired) electrons. The van der Waals surface area contributed by atoms with Crippen molar-refractivity contribution in [2.24, 2.45) is 0 Å².